The van der Waals surface area contributed by atoms with Crippen molar-refractivity contribution in [3.8, 4) is 5.69 Å². The van der Waals surface area contributed by atoms with Crippen LogP contribution in [0.3, 0.4) is 0 Å². The van der Waals surface area contributed by atoms with Gasteiger partial charge in [-0.15, -0.1) is 5.10 Å². The Morgan fingerprint density at radius 2 is 1.91 bits per heavy atom. The molecule has 35 heavy (non-hydrogen) atoms. The lowest BCUT2D eigenvalue weighted by Crippen LogP contribution is -2.37. The van der Waals surface area contributed by atoms with Crippen molar-refractivity contribution < 1.29 is 9.90 Å². The summed E-state index contributed by atoms with van der Waals surface area (Å²) in [6.07, 6.45) is 6.09. The second kappa shape index (κ2) is 8.84. The van der Waals surface area contributed by atoms with Crippen molar-refractivity contribution >= 4 is 33.9 Å². The molecule has 4 aromatic rings. The smallest absolute Gasteiger partial charge is 0.225 e. The predicted molar refractivity (Wildman–Crippen MR) is 131 cm³/mol. The van der Waals surface area contributed by atoms with Gasteiger partial charge in [-0.3, -0.25) is 9.78 Å². The van der Waals surface area contributed by atoms with E-state index in [1.165, 1.54) is 0 Å². The Morgan fingerprint density at radius 1 is 1.03 bits per heavy atom. The van der Waals surface area contributed by atoms with Gasteiger partial charge < -0.3 is 15.7 Å². The van der Waals surface area contributed by atoms with Gasteiger partial charge >= 0.3 is 0 Å². The van der Waals surface area contributed by atoms with Crippen LogP contribution in [0.15, 0.2) is 36.5 Å². The second-order valence-electron chi connectivity index (χ2n) is 9.76. The quantitative estimate of drug-likeness (QED) is 0.404. The summed E-state index contributed by atoms with van der Waals surface area (Å²) in [5.74, 6) is 0.563. The first-order valence-corrected chi connectivity index (χ1v) is 12.2. The number of aromatic nitrogens is 6. The predicted octanol–water partition coefficient (Wildman–Crippen LogP) is 2.68. The topological polar surface area (TPSA) is 131 Å². The number of anilines is 1. The molecule has 10 nitrogen and oxygen atoms in total. The molecule has 2 fully saturated rings. The number of aliphatic hydroxyl groups excluding tert-OH is 1. The van der Waals surface area contributed by atoms with Crippen LogP contribution in [-0.4, -0.2) is 59.1 Å². The molecule has 180 valence electrons. The van der Waals surface area contributed by atoms with Crippen LogP contribution in [0.2, 0.25) is 0 Å². The Kier molecular flexibility index (Phi) is 5.52. The number of fused-ring (bicyclic) bond motifs is 2. The molecule has 0 aliphatic heterocycles. The number of nitrogens with one attached hydrogen (secondary N) is 2. The number of hydrogen-bond acceptors (Lipinski definition) is 8. The first-order chi connectivity index (χ1) is 17.0. The molecule has 1 amide bonds. The first kappa shape index (κ1) is 21.8. The normalized spacial score (nSPS) is 24.3. The summed E-state index contributed by atoms with van der Waals surface area (Å²) in [6.45, 7) is 1.98. The molecule has 0 bridgehead atoms. The van der Waals surface area contributed by atoms with Crippen LogP contribution in [0, 0.1) is 12.8 Å². The van der Waals surface area contributed by atoms with Crippen molar-refractivity contribution in [1.82, 2.24) is 35.3 Å². The summed E-state index contributed by atoms with van der Waals surface area (Å²) in [4.78, 5) is 26.4. The molecule has 3 aromatic heterocycles. The van der Waals surface area contributed by atoms with E-state index in [0.29, 0.717) is 23.5 Å². The van der Waals surface area contributed by atoms with Gasteiger partial charge in [0.2, 0.25) is 11.9 Å². The standard InChI is InChI=1S/C25H28N8O2/c1-14-2-3-15-11-19(7-9-21(15)27-14)33-23-22(31-32-33)13-26-25(30-23)29-17-5-4-16(10-17)24(35)28-18-6-8-20(34)12-18/h2-3,7,9,11,13,16-18,20,34H,4-6,8,10,12H2,1H3,(H,28,35)(H,26,29,30)/t16-,17?,18+,20+/m1/s1. The summed E-state index contributed by atoms with van der Waals surface area (Å²) in [5.41, 5.74) is 3.99. The van der Waals surface area contributed by atoms with Crippen LogP contribution in [0.5, 0.6) is 0 Å². The lowest BCUT2D eigenvalue weighted by molar-refractivity contribution is -0.125. The minimum atomic E-state index is -0.288. The van der Waals surface area contributed by atoms with E-state index in [1.54, 1.807) is 10.9 Å². The molecule has 3 N–H and O–H groups in total. The van der Waals surface area contributed by atoms with Gasteiger partial charge in [-0.25, -0.2) is 4.98 Å². The summed E-state index contributed by atoms with van der Waals surface area (Å²) >= 11 is 0. The van der Waals surface area contributed by atoms with Gasteiger partial charge in [0, 0.05) is 29.1 Å². The number of benzene rings is 1. The van der Waals surface area contributed by atoms with Gasteiger partial charge in [-0.2, -0.15) is 9.67 Å². The average Bonchev–Trinajstić information content (AvgIpc) is 3.59. The maximum absolute atomic E-state index is 12.7. The van der Waals surface area contributed by atoms with Crippen LogP contribution < -0.4 is 10.6 Å². The number of rotatable bonds is 5. The van der Waals surface area contributed by atoms with E-state index >= 15 is 0 Å². The molecule has 10 heteroatoms. The summed E-state index contributed by atoms with van der Waals surface area (Å²) in [5, 5.41) is 25.8. The lowest BCUT2D eigenvalue weighted by atomic mass is 10.1. The molecule has 1 unspecified atom stereocenters. The minimum Gasteiger partial charge on any atom is -0.393 e. The molecule has 6 rings (SSSR count). The number of aryl methyl sites for hydroxylation is 1. The number of carbonyl (C=O) groups excluding carboxylic acids is 1. The van der Waals surface area contributed by atoms with Crippen LogP contribution in [0.4, 0.5) is 5.95 Å². The maximum Gasteiger partial charge on any atom is 0.225 e. The van der Waals surface area contributed by atoms with Gasteiger partial charge in [0.15, 0.2) is 11.2 Å². The maximum atomic E-state index is 12.7. The lowest BCUT2D eigenvalue weighted by Gasteiger charge is -2.17. The Bertz CT molecular complexity index is 1400. The zero-order valence-electron chi connectivity index (χ0n) is 19.6. The largest absolute Gasteiger partial charge is 0.393 e. The number of carbonyl (C=O) groups is 1. The van der Waals surface area contributed by atoms with Gasteiger partial charge in [0.1, 0.15) is 0 Å². The Hall–Kier alpha value is -3.66. The molecule has 2 saturated carbocycles. The Morgan fingerprint density at radius 3 is 2.77 bits per heavy atom. The number of nitrogens with zero attached hydrogens (tertiary/aromatic N) is 6. The number of aliphatic hydroxyl groups is 1. The Balaban J connectivity index is 1.17. The first-order valence-electron chi connectivity index (χ1n) is 12.2. The summed E-state index contributed by atoms with van der Waals surface area (Å²) < 4.78 is 1.71. The third-order valence-corrected chi connectivity index (χ3v) is 7.14. The fourth-order valence-electron chi connectivity index (χ4n) is 5.26. The van der Waals surface area contributed by atoms with Crippen molar-refractivity contribution in [1.29, 1.82) is 0 Å². The molecule has 0 radical (unpaired) electrons. The number of amides is 1. The van der Waals surface area contributed by atoms with E-state index in [4.69, 9.17) is 4.98 Å². The highest BCUT2D eigenvalue weighted by Gasteiger charge is 2.33. The van der Waals surface area contributed by atoms with Gasteiger partial charge in [0.05, 0.1) is 23.5 Å². The van der Waals surface area contributed by atoms with Crippen molar-refractivity contribution in [2.45, 2.75) is 63.6 Å². The van der Waals surface area contributed by atoms with Crippen molar-refractivity contribution in [3.05, 3.63) is 42.2 Å². The summed E-state index contributed by atoms with van der Waals surface area (Å²) in [7, 11) is 0. The van der Waals surface area contributed by atoms with Gasteiger partial charge in [-0.05, 0) is 69.7 Å². The second-order valence-corrected chi connectivity index (χ2v) is 9.76. The van der Waals surface area contributed by atoms with Crippen molar-refractivity contribution in [3.63, 3.8) is 0 Å². The molecular formula is C25H28N8O2. The molecule has 2 aliphatic rings. The molecule has 3 heterocycles. The average molecular weight is 473 g/mol. The van der Waals surface area contributed by atoms with E-state index < -0.39 is 0 Å². The zero-order valence-corrected chi connectivity index (χ0v) is 19.6. The number of hydrogen-bond donors (Lipinski definition) is 3. The molecule has 0 saturated heterocycles. The van der Waals surface area contributed by atoms with Crippen LogP contribution in [-0.2, 0) is 4.79 Å². The molecule has 0 spiro atoms. The highest BCUT2D eigenvalue weighted by molar-refractivity contribution is 5.82. The van der Waals surface area contributed by atoms with Crippen molar-refractivity contribution in [2.24, 2.45) is 5.92 Å². The summed E-state index contributed by atoms with van der Waals surface area (Å²) in [6, 6.07) is 10.2. The third kappa shape index (κ3) is 4.41. The number of pyridine rings is 1. The zero-order chi connectivity index (χ0) is 23.9. The molecule has 2 aliphatic carbocycles. The molecular weight excluding hydrogens is 444 g/mol. The highest BCUT2D eigenvalue weighted by atomic mass is 16.3. The fraction of sp³-hybridized carbons (Fsp3) is 0.440. The fourth-order valence-corrected chi connectivity index (χ4v) is 5.26. The Labute approximate surface area is 202 Å². The van der Waals surface area contributed by atoms with E-state index in [9.17, 15) is 9.90 Å². The van der Waals surface area contributed by atoms with Crippen LogP contribution >= 0.6 is 0 Å². The van der Waals surface area contributed by atoms with Crippen LogP contribution in [0.1, 0.15) is 44.2 Å². The SMILES string of the molecule is Cc1ccc2cc(-n3nnc4cnc(NC5CC[C@@H](C(=O)N[C@H]6CC[C@H](O)C6)C5)nc43)ccc2n1. The monoisotopic (exact) mass is 472 g/mol. The van der Waals surface area contributed by atoms with Crippen molar-refractivity contribution in [2.75, 3.05) is 5.32 Å². The molecule has 4 atom stereocenters. The van der Waals surface area contributed by atoms with E-state index in [-0.39, 0.29) is 30.0 Å². The van der Waals surface area contributed by atoms with E-state index in [2.05, 4.69) is 30.9 Å². The van der Waals surface area contributed by atoms with Crippen LogP contribution in [0.25, 0.3) is 27.8 Å². The molecule has 1 aromatic carbocycles. The van der Waals surface area contributed by atoms with E-state index in [0.717, 1.165) is 54.4 Å². The minimum absolute atomic E-state index is 0.0315. The van der Waals surface area contributed by atoms with E-state index in [1.807, 2.05) is 37.3 Å². The van der Waals surface area contributed by atoms with Gasteiger partial charge in [-0.1, -0.05) is 11.3 Å². The highest BCUT2D eigenvalue weighted by Crippen LogP contribution is 2.29. The van der Waals surface area contributed by atoms with Gasteiger partial charge in [0.25, 0.3) is 0 Å². The third-order valence-electron chi connectivity index (χ3n) is 7.14.